The summed E-state index contributed by atoms with van der Waals surface area (Å²) in [5, 5.41) is 13.7. The van der Waals surface area contributed by atoms with Crippen LogP contribution >= 0.6 is 11.3 Å². The topological polar surface area (TPSA) is 76.2 Å². The van der Waals surface area contributed by atoms with Gasteiger partial charge in [0.05, 0.1) is 0 Å². The fraction of sp³-hybridized carbons (Fsp3) is 0.0588. The fourth-order valence-corrected chi connectivity index (χ4v) is 3.01. The van der Waals surface area contributed by atoms with Gasteiger partial charge in [0.2, 0.25) is 0 Å². The lowest BCUT2D eigenvalue weighted by molar-refractivity contribution is -0.133. The van der Waals surface area contributed by atoms with Crippen molar-refractivity contribution in [3.8, 4) is 10.6 Å². The smallest absolute Gasteiger partial charge is 0.258 e. The Morgan fingerprint density at radius 2 is 1.82 bits per heavy atom. The van der Waals surface area contributed by atoms with E-state index in [0.717, 1.165) is 10.6 Å². The molecule has 110 valence electrons. The molecule has 0 fully saturated rings. The third-order valence-corrected chi connectivity index (χ3v) is 4.33. The zero-order valence-corrected chi connectivity index (χ0v) is 12.5. The van der Waals surface area contributed by atoms with Gasteiger partial charge in [-0.15, -0.1) is 11.3 Å². The molecule has 0 saturated heterocycles. The number of amides is 1. The van der Waals surface area contributed by atoms with Crippen LogP contribution in [-0.2, 0) is 10.4 Å². The van der Waals surface area contributed by atoms with Gasteiger partial charge in [0.1, 0.15) is 5.01 Å². The molecule has 3 N–H and O–H groups in total. The number of aliphatic hydroxyl groups is 1. The number of carbonyl (C=O) groups is 1. The highest BCUT2D eigenvalue weighted by Gasteiger charge is 2.38. The van der Waals surface area contributed by atoms with Gasteiger partial charge in [0, 0.05) is 17.1 Å². The molecule has 1 atom stereocenters. The molecular formula is C17H14N2O2S. The molecule has 2 aromatic carbocycles. The summed E-state index contributed by atoms with van der Waals surface area (Å²) in [6.07, 6.45) is 1.71. The van der Waals surface area contributed by atoms with Gasteiger partial charge in [-0.1, -0.05) is 48.5 Å². The molecule has 0 saturated carbocycles. The van der Waals surface area contributed by atoms with E-state index in [1.54, 1.807) is 48.7 Å². The Labute approximate surface area is 131 Å². The maximum Gasteiger partial charge on any atom is 0.258 e. The summed E-state index contributed by atoms with van der Waals surface area (Å²) < 4.78 is 0. The summed E-state index contributed by atoms with van der Waals surface area (Å²) in [4.78, 5) is 16.2. The average Bonchev–Trinajstić information content (AvgIpc) is 3.09. The number of hydrogen-bond acceptors (Lipinski definition) is 4. The van der Waals surface area contributed by atoms with Crippen molar-refractivity contribution in [1.29, 1.82) is 0 Å². The van der Waals surface area contributed by atoms with Gasteiger partial charge < -0.3 is 10.8 Å². The summed E-state index contributed by atoms with van der Waals surface area (Å²) in [6, 6.07) is 15.8. The second-order valence-corrected chi connectivity index (χ2v) is 5.75. The van der Waals surface area contributed by atoms with Crippen molar-refractivity contribution in [3.05, 3.63) is 77.3 Å². The van der Waals surface area contributed by atoms with Crippen molar-refractivity contribution in [2.45, 2.75) is 5.60 Å². The van der Waals surface area contributed by atoms with E-state index in [1.165, 1.54) is 11.3 Å². The molecule has 1 amide bonds. The molecule has 22 heavy (non-hydrogen) atoms. The zero-order chi connectivity index (χ0) is 15.6. The normalized spacial score (nSPS) is 13.5. The van der Waals surface area contributed by atoms with Gasteiger partial charge in [0.25, 0.3) is 5.91 Å². The number of nitrogens with zero attached hydrogens (tertiary/aromatic N) is 1. The Morgan fingerprint density at radius 1 is 1.09 bits per heavy atom. The lowest BCUT2D eigenvalue weighted by Gasteiger charge is -2.26. The van der Waals surface area contributed by atoms with Crippen LogP contribution < -0.4 is 5.73 Å². The number of primary amides is 1. The fourth-order valence-electron chi connectivity index (χ4n) is 2.37. The van der Waals surface area contributed by atoms with Crippen molar-refractivity contribution in [2.75, 3.05) is 0 Å². The first-order valence-corrected chi connectivity index (χ1v) is 7.58. The van der Waals surface area contributed by atoms with Crippen molar-refractivity contribution in [1.82, 2.24) is 4.98 Å². The summed E-state index contributed by atoms with van der Waals surface area (Å²) >= 11 is 1.49. The zero-order valence-electron chi connectivity index (χ0n) is 11.6. The lowest BCUT2D eigenvalue weighted by atomic mass is 9.85. The molecule has 0 radical (unpaired) electrons. The number of nitrogens with two attached hydrogens (primary N) is 1. The first-order valence-electron chi connectivity index (χ1n) is 6.70. The number of rotatable bonds is 4. The highest BCUT2D eigenvalue weighted by Crippen LogP contribution is 2.32. The van der Waals surface area contributed by atoms with Gasteiger partial charge in [-0.3, -0.25) is 4.79 Å². The molecule has 0 spiro atoms. The summed E-state index contributed by atoms with van der Waals surface area (Å²) in [7, 11) is 0. The third-order valence-electron chi connectivity index (χ3n) is 3.51. The molecule has 0 aliphatic carbocycles. The highest BCUT2D eigenvalue weighted by molar-refractivity contribution is 7.13. The monoisotopic (exact) mass is 310 g/mol. The maximum atomic E-state index is 12.0. The summed E-state index contributed by atoms with van der Waals surface area (Å²) in [5.74, 6) is -0.810. The first-order chi connectivity index (χ1) is 10.6. The number of aromatic nitrogens is 1. The van der Waals surface area contributed by atoms with Crippen LogP contribution in [0.25, 0.3) is 10.6 Å². The Hall–Kier alpha value is -2.50. The predicted molar refractivity (Wildman–Crippen MR) is 86.2 cm³/mol. The van der Waals surface area contributed by atoms with Crippen LogP contribution in [-0.4, -0.2) is 16.0 Å². The van der Waals surface area contributed by atoms with Crippen LogP contribution in [0.1, 0.15) is 11.1 Å². The Morgan fingerprint density at radius 3 is 2.45 bits per heavy atom. The van der Waals surface area contributed by atoms with Crippen LogP contribution in [0.2, 0.25) is 0 Å². The van der Waals surface area contributed by atoms with Crippen LogP contribution in [0, 0.1) is 0 Å². The van der Waals surface area contributed by atoms with Crippen molar-refractivity contribution in [2.24, 2.45) is 5.73 Å². The largest absolute Gasteiger partial charge is 0.372 e. The average molecular weight is 310 g/mol. The molecule has 0 aliphatic heterocycles. The standard InChI is InChI=1S/C17H14N2O2S/c18-16(20)17(21,13-6-2-1-3-7-13)14-8-4-5-12(11-14)15-19-9-10-22-15/h1-11,21H,(H2,18,20). The number of thiazole rings is 1. The van der Waals surface area contributed by atoms with E-state index in [4.69, 9.17) is 5.73 Å². The minimum atomic E-state index is -1.87. The number of benzene rings is 2. The van der Waals surface area contributed by atoms with Gasteiger partial charge in [0.15, 0.2) is 5.60 Å². The Kier molecular flexibility index (Phi) is 3.75. The van der Waals surface area contributed by atoms with Crippen molar-refractivity contribution < 1.29 is 9.90 Å². The van der Waals surface area contributed by atoms with Crippen molar-refractivity contribution in [3.63, 3.8) is 0 Å². The minimum Gasteiger partial charge on any atom is -0.372 e. The molecule has 1 aromatic heterocycles. The van der Waals surface area contributed by atoms with E-state index in [9.17, 15) is 9.90 Å². The van der Waals surface area contributed by atoms with Crippen LogP contribution in [0.3, 0.4) is 0 Å². The van der Waals surface area contributed by atoms with Gasteiger partial charge >= 0.3 is 0 Å². The summed E-state index contributed by atoms with van der Waals surface area (Å²) in [5.41, 5.74) is 5.34. The van der Waals surface area contributed by atoms with Crippen molar-refractivity contribution >= 4 is 17.2 Å². The van der Waals surface area contributed by atoms with Crippen LogP contribution in [0.4, 0.5) is 0 Å². The van der Waals surface area contributed by atoms with Gasteiger partial charge in [-0.05, 0) is 17.2 Å². The Balaban J connectivity index is 2.14. The highest BCUT2D eigenvalue weighted by atomic mass is 32.1. The van der Waals surface area contributed by atoms with Gasteiger partial charge in [-0.2, -0.15) is 0 Å². The molecule has 3 aromatic rings. The second kappa shape index (κ2) is 5.71. The van der Waals surface area contributed by atoms with E-state index in [0.29, 0.717) is 11.1 Å². The van der Waals surface area contributed by atoms with Gasteiger partial charge in [-0.25, -0.2) is 4.98 Å². The number of hydrogen-bond donors (Lipinski definition) is 2. The van der Waals surface area contributed by atoms with Crippen LogP contribution in [0.5, 0.6) is 0 Å². The molecule has 5 heteroatoms. The van der Waals surface area contributed by atoms with E-state index < -0.39 is 11.5 Å². The maximum absolute atomic E-state index is 12.0. The SMILES string of the molecule is NC(=O)C(O)(c1ccccc1)c1cccc(-c2nccs2)c1. The lowest BCUT2D eigenvalue weighted by Crippen LogP contribution is -2.42. The molecule has 1 heterocycles. The molecule has 4 nitrogen and oxygen atoms in total. The molecule has 1 unspecified atom stereocenters. The van der Waals surface area contributed by atoms with E-state index in [-0.39, 0.29) is 0 Å². The molecule has 0 bridgehead atoms. The van der Waals surface area contributed by atoms with E-state index in [2.05, 4.69) is 4.98 Å². The number of carbonyl (C=O) groups excluding carboxylic acids is 1. The third kappa shape index (κ3) is 2.41. The summed E-state index contributed by atoms with van der Waals surface area (Å²) in [6.45, 7) is 0. The predicted octanol–water partition coefficient (Wildman–Crippen LogP) is 2.53. The second-order valence-electron chi connectivity index (χ2n) is 4.86. The first kappa shape index (κ1) is 14.4. The molecule has 0 aliphatic rings. The minimum absolute atomic E-state index is 0.430. The Bertz CT molecular complexity index is 787. The van der Waals surface area contributed by atoms with E-state index in [1.807, 2.05) is 17.5 Å². The quantitative estimate of drug-likeness (QED) is 0.777. The molecular weight excluding hydrogens is 296 g/mol. The molecule has 3 rings (SSSR count). The van der Waals surface area contributed by atoms with E-state index >= 15 is 0 Å². The van der Waals surface area contributed by atoms with Crippen LogP contribution in [0.15, 0.2) is 66.2 Å².